The molecule has 7 heteroatoms. The van der Waals surface area contributed by atoms with Crippen molar-refractivity contribution in [1.82, 2.24) is 4.90 Å². The van der Waals surface area contributed by atoms with Gasteiger partial charge >= 0.3 is 0 Å². The van der Waals surface area contributed by atoms with Crippen LogP contribution in [0.15, 0.2) is 59.5 Å². The van der Waals surface area contributed by atoms with Crippen molar-refractivity contribution in [3.05, 3.63) is 60.2 Å². The third-order valence-electron chi connectivity index (χ3n) is 5.37. The Hall–Kier alpha value is -2.38. The Bertz CT molecular complexity index is 930. The molecule has 150 valence electrons. The predicted octanol–water partition coefficient (Wildman–Crippen LogP) is 2.89. The summed E-state index contributed by atoms with van der Waals surface area (Å²) in [7, 11) is -0.641. The van der Waals surface area contributed by atoms with E-state index in [9.17, 15) is 18.3 Å². The molecule has 3 rings (SSSR count). The van der Waals surface area contributed by atoms with Gasteiger partial charge < -0.3 is 10.0 Å². The number of aliphatic hydroxyl groups is 1. The first-order valence-electron chi connectivity index (χ1n) is 9.41. The van der Waals surface area contributed by atoms with Gasteiger partial charge in [0, 0.05) is 19.7 Å². The second-order valence-electron chi connectivity index (χ2n) is 7.17. The van der Waals surface area contributed by atoms with E-state index >= 15 is 0 Å². The maximum Gasteiger partial charge on any atom is 0.264 e. The standard InChI is InChI=1S/C21H26N2O4S/c1-22(19-13-6-7-14-20(19)24)21(25)16-9-8-12-18(15-16)28(26,27)23(2)17-10-4-3-5-11-17/h3-5,8-12,15,19-20,24H,6-7,13-14H2,1-2H3/t19-,20+/m1/s1. The number of para-hydroxylation sites is 1. The van der Waals surface area contributed by atoms with Gasteiger partial charge in [0.25, 0.3) is 15.9 Å². The lowest BCUT2D eigenvalue weighted by Crippen LogP contribution is -2.46. The van der Waals surface area contributed by atoms with E-state index < -0.39 is 16.1 Å². The van der Waals surface area contributed by atoms with Crippen LogP contribution in [0, 0.1) is 0 Å². The highest BCUT2D eigenvalue weighted by Gasteiger charge is 2.30. The van der Waals surface area contributed by atoms with Crippen molar-refractivity contribution < 1.29 is 18.3 Å². The van der Waals surface area contributed by atoms with Gasteiger partial charge in [-0.2, -0.15) is 0 Å². The zero-order chi connectivity index (χ0) is 20.3. The molecular formula is C21H26N2O4S. The van der Waals surface area contributed by atoms with Crippen LogP contribution in [-0.2, 0) is 10.0 Å². The predicted molar refractivity (Wildman–Crippen MR) is 109 cm³/mol. The fourth-order valence-electron chi connectivity index (χ4n) is 3.62. The Morgan fingerprint density at radius 1 is 1.00 bits per heavy atom. The summed E-state index contributed by atoms with van der Waals surface area (Å²) in [6.07, 6.45) is 2.81. The Balaban J connectivity index is 1.86. The van der Waals surface area contributed by atoms with Gasteiger partial charge in [-0.1, -0.05) is 37.1 Å². The number of benzene rings is 2. The minimum absolute atomic E-state index is 0.0577. The van der Waals surface area contributed by atoms with Crippen molar-refractivity contribution >= 4 is 21.6 Å². The highest BCUT2D eigenvalue weighted by atomic mass is 32.2. The van der Waals surface area contributed by atoms with Crippen LogP contribution in [0.2, 0.25) is 0 Å². The van der Waals surface area contributed by atoms with E-state index in [1.165, 1.54) is 28.4 Å². The first-order valence-corrected chi connectivity index (χ1v) is 10.9. The van der Waals surface area contributed by atoms with Crippen molar-refractivity contribution in [2.45, 2.75) is 42.7 Å². The molecular weight excluding hydrogens is 376 g/mol. The van der Waals surface area contributed by atoms with Crippen molar-refractivity contribution in [1.29, 1.82) is 0 Å². The molecule has 1 N–H and O–H groups in total. The molecule has 1 fully saturated rings. The summed E-state index contributed by atoms with van der Waals surface area (Å²) in [4.78, 5) is 14.5. The molecule has 0 spiro atoms. The van der Waals surface area contributed by atoms with E-state index in [0.717, 1.165) is 19.3 Å². The molecule has 0 radical (unpaired) electrons. The molecule has 2 aromatic carbocycles. The third-order valence-corrected chi connectivity index (χ3v) is 7.15. The lowest BCUT2D eigenvalue weighted by molar-refractivity contribution is 0.0268. The lowest BCUT2D eigenvalue weighted by Gasteiger charge is -2.35. The Morgan fingerprint density at radius 2 is 1.68 bits per heavy atom. The zero-order valence-electron chi connectivity index (χ0n) is 16.2. The van der Waals surface area contributed by atoms with Crippen LogP contribution in [0.4, 0.5) is 5.69 Å². The van der Waals surface area contributed by atoms with Gasteiger partial charge in [0.1, 0.15) is 0 Å². The second-order valence-corrected chi connectivity index (χ2v) is 9.14. The van der Waals surface area contributed by atoms with E-state index in [4.69, 9.17) is 0 Å². The molecule has 1 aliphatic carbocycles. The first-order chi connectivity index (χ1) is 13.3. The van der Waals surface area contributed by atoms with Crippen molar-refractivity contribution in [2.75, 3.05) is 18.4 Å². The molecule has 0 heterocycles. The average Bonchev–Trinajstić information content (AvgIpc) is 2.73. The Kier molecular flexibility index (Phi) is 6.05. The molecule has 28 heavy (non-hydrogen) atoms. The highest BCUT2D eigenvalue weighted by molar-refractivity contribution is 7.92. The van der Waals surface area contributed by atoms with Crippen LogP contribution in [0.5, 0.6) is 0 Å². The number of anilines is 1. The molecule has 1 amide bonds. The first kappa shape index (κ1) is 20.4. The number of nitrogens with zero attached hydrogens (tertiary/aromatic N) is 2. The largest absolute Gasteiger partial charge is 0.391 e. The number of hydrogen-bond donors (Lipinski definition) is 1. The van der Waals surface area contributed by atoms with Crippen molar-refractivity contribution in [3.8, 4) is 0 Å². The molecule has 0 aromatic heterocycles. The summed E-state index contributed by atoms with van der Waals surface area (Å²) < 4.78 is 27.2. The van der Waals surface area contributed by atoms with E-state index in [2.05, 4.69) is 0 Å². The minimum Gasteiger partial charge on any atom is -0.391 e. The van der Waals surface area contributed by atoms with Crippen LogP contribution in [-0.4, -0.2) is 50.6 Å². The Labute approximate surface area is 166 Å². The number of carbonyl (C=O) groups excluding carboxylic acids is 1. The summed E-state index contributed by atoms with van der Waals surface area (Å²) >= 11 is 0. The number of amides is 1. The smallest absolute Gasteiger partial charge is 0.264 e. The molecule has 0 bridgehead atoms. The second kappa shape index (κ2) is 8.32. The summed E-state index contributed by atoms with van der Waals surface area (Å²) in [5.41, 5.74) is 0.837. The fraction of sp³-hybridized carbons (Fsp3) is 0.381. The van der Waals surface area contributed by atoms with Crippen LogP contribution in [0.1, 0.15) is 36.0 Å². The number of likely N-dealkylation sites (N-methyl/N-ethyl adjacent to an activating group) is 1. The Morgan fingerprint density at radius 3 is 2.36 bits per heavy atom. The SMILES string of the molecule is CN(C(=O)c1cccc(S(=O)(=O)N(C)c2ccccc2)c1)[C@@H]1CCCC[C@@H]1O. The summed E-state index contributed by atoms with van der Waals surface area (Å²) in [5, 5.41) is 10.2. The van der Waals surface area contributed by atoms with Crippen LogP contribution in [0.25, 0.3) is 0 Å². The van der Waals surface area contributed by atoms with Gasteiger partial charge in [-0.3, -0.25) is 9.10 Å². The summed E-state index contributed by atoms with van der Waals surface area (Å²) in [6.45, 7) is 0. The lowest BCUT2D eigenvalue weighted by atomic mass is 9.91. The van der Waals surface area contributed by atoms with E-state index in [-0.39, 0.29) is 16.8 Å². The van der Waals surface area contributed by atoms with Crippen molar-refractivity contribution in [2.24, 2.45) is 0 Å². The van der Waals surface area contributed by atoms with Crippen LogP contribution < -0.4 is 4.31 Å². The minimum atomic E-state index is -3.80. The van der Waals surface area contributed by atoms with E-state index in [0.29, 0.717) is 17.7 Å². The average molecular weight is 403 g/mol. The molecule has 0 saturated heterocycles. The maximum absolute atomic E-state index is 13.0. The van der Waals surface area contributed by atoms with Gasteiger partial charge in [0.05, 0.1) is 22.7 Å². The monoisotopic (exact) mass is 402 g/mol. The van der Waals surface area contributed by atoms with Gasteiger partial charge in [-0.25, -0.2) is 8.42 Å². The molecule has 6 nitrogen and oxygen atoms in total. The number of rotatable bonds is 5. The molecule has 2 aromatic rings. The van der Waals surface area contributed by atoms with Crippen LogP contribution >= 0.6 is 0 Å². The normalized spacial score (nSPS) is 19.8. The zero-order valence-corrected chi connectivity index (χ0v) is 17.0. The van der Waals surface area contributed by atoms with Gasteiger partial charge in [-0.15, -0.1) is 0 Å². The molecule has 0 aliphatic heterocycles. The van der Waals surface area contributed by atoms with E-state index in [1.807, 2.05) is 6.07 Å². The van der Waals surface area contributed by atoms with E-state index in [1.54, 1.807) is 43.4 Å². The summed E-state index contributed by atoms with van der Waals surface area (Å²) in [6, 6.07) is 14.6. The fourth-order valence-corrected chi connectivity index (χ4v) is 4.86. The third kappa shape index (κ3) is 4.05. The van der Waals surface area contributed by atoms with Gasteiger partial charge in [0.2, 0.25) is 0 Å². The quantitative estimate of drug-likeness (QED) is 0.834. The summed E-state index contributed by atoms with van der Waals surface area (Å²) in [5.74, 6) is -0.287. The molecule has 1 saturated carbocycles. The maximum atomic E-state index is 13.0. The topological polar surface area (TPSA) is 77.9 Å². The number of aliphatic hydroxyl groups excluding tert-OH is 1. The molecule has 2 atom stereocenters. The van der Waals surface area contributed by atoms with Gasteiger partial charge in [-0.05, 0) is 43.2 Å². The number of carbonyl (C=O) groups is 1. The van der Waals surface area contributed by atoms with Crippen LogP contribution in [0.3, 0.4) is 0 Å². The number of hydrogen-bond acceptors (Lipinski definition) is 4. The highest BCUT2D eigenvalue weighted by Crippen LogP contribution is 2.25. The van der Waals surface area contributed by atoms with Crippen molar-refractivity contribution in [3.63, 3.8) is 0 Å². The van der Waals surface area contributed by atoms with Gasteiger partial charge in [0.15, 0.2) is 0 Å². The number of sulfonamides is 1. The molecule has 0 unspecified atom stereocenters. The molecule has 1 aliphatic rings.